The number of hydrogen-bond acceptors (Lipinski definition) is 4. The van der Waals surface area contributed by atoms with Crippen molar-refractivity contribution in [3.05, 3.63) is 64.4 Å². The van der Waals surface area contributed by atoms with Crippen LogP contribution in [0.2, 0.25) is 5.02 Å². The molecule has 1 aromatic heterocycles. The second-order valence-electron chi connectivity index (χ2n) is 7.35. The van der Waals surface area contributed by atoms with Gasteiger partial charge in [-0.2, -0.15) is 0 Å². The zero-order valence-electron chi connectivity index (χ0n) is 14.1. The highest BCUT2D eigenvalue weighted by molar-refractivity contribution is 6.30. The van der Waals surface area contributed by atoms with E-state index in [1.54, 1.807) is 12.3 Å². The number of pyridine rings is 1. The summed E-state index contributed by atoms with van der Waals surface area (Å²) in [7, 11) is 0. The summed E-state index contributed by atoms with van der Waals surface area (Å²) in [5.74, 6) is -0.295. The monoisotopic (exact) mass is 368 g/mol. The quantitative estimate of drug-likeness (QED) is 0.764. The molecular weight excluding hydrogens is 352 g/mol. The summed E-state index contributed by atoms with van der Waals surface area (Å²) in [6.45, 7) is 0.960. The molecule has 1 aliphatic carbocycles. The number of carbonyl (C=O) groups is 2. The smallest absolute Gasteiger partial charge is 0.358 e. The van der Waals surface area contributed by atoms with Crippen LogP contribution < -0.4 is 0 Å². The predicted octanol–water partition coefficient (Wildman–Crippen LogP) is 3.06. The van der Waals surface area contributed by atoms with E-state index in [1.165, 1.54) is 0 Å². The number of aromatic nitrogens is 1. The number of amides is 1. The Morgan fingerprint density at radius 1 is 1.19 bits per heavy atom. The standard InChI is InChI=1S/C20H17ClN2O3/c21-14-4-1-3-13(11-14)19(6-7-19)18(25)23-10-8-20(12-23)15-5-2-9-22-16(15)17(24)26-20/h1-5,9,11H,6-8,10,12H2. The lowest BCUT2D eigenvalue weighted by Gasteiger charge is -2.26. The Kier molecular flexibility index (Phi) is 3.23. The number of carbonyl (C=O) groups excluding carboxylic acids is 2. The lowest BCUT2D eigenvalue weighted by Crippen LogP contribution is -2.40. The number of esters is 1. The van der Waals surface area contributed by atoms with E-state index in [9.17, 15) is 9.59 Å². The highest BCUT2D eigenvalue weighted by Gasteiger charge is 2.58. The van der Waals surface area contributed by atoms with E-state index in [0.29, 0.717) is 30.2 Å². The van der Waals surface area contributed by atoms with Crippen LogP contribution in [0.5, 0.6) is 0 Å². The van der Waals surface area contributed by atoms with Crippen LogP contribution in [-0.4, -0.2) is 34.8 Å². The van der Waals surface area contributed by atoms with Crippen molar-refractivity contribution in [3.63, 3.8) is 0 Å². The molecular formula is C20H17ClN2O3. The topological polar surface area (TPSA) is 59.5 Å². The molecule has 1 saturated carbocycles. The summed E-state index contributed by atoms with van der Waals surface area (Å²) in [6.07, 6.45) is 3.85. The van der Waals surface area contributed by atoms with Gasteiger partial charge in [-0.1, -0.05) is 29.8 Å². The molecule has 2 fully saturated rings. The van der Waals surface area contributed by atoms with E-state index in [0.717, 1.165) is 24.0 Å². The number of hydrogen-bond donors (Lipinski definition) is 0. The van der Waals surface area contributed by atoms with Gasteiger partial charge >= 0.3 is 5.97 Å². The average molecular weight is 369 g/mol. The molecule has 3 aliphatic rings. The molecule has 5 rings (SSSR count). The van der Waals surface area contributed by atoms with Crippen molar-refractivity contribution < 1.29 is 14.3 Å². The maximum absolute atomic E-state index is 13.3. The molecule has 26 heavy (non-hydrogen) atoms. The van der Waals surface area contributed by atoms with E-state index in [-0.39, 0.29) is 5.91 Å². The summed E-state index contributed by atoms with van der Waals surface area (Å²) in [5.41, 5.74) is 0.921. The molecule has 1 spiro atoms. The summed E-state index contributed by atoms with van der Waals surface area (Å²) >= 11 is 6.12. The van der Waals surface area contributed by atoms with Gasteiger partial charge in [-0.15, -0.1) is 0 Å². The molecule has 0 radical (unpaired) electrons. The van der Waals surface area contributed by atoms with Gasteiger partial charge in [0.1, 0.15) is 0 Å². The molecule has 132 valence electrons. The van der Waals surface area contributed by atoms with Gasteiger partial charge in [0.25, 0.3) is 0 Å². The molecule has 1 unspecified atom stereocenters. The molecule has 3 heterocycles. The zero-order chi connectivity index (χ0) is 17.9. The Balaban J connectivity index is 1.44. The highest BCUT2D eigenvalue weighted by atomic mass is 35.5. The normalized spacial score (nSPS) is 25.3. The number of fused-ring (bicyclic) bond motifs is 2. The first-order valence-corrected chi connectivity index (χ1v) is 9.16. The minimum atomic E-state index is -0.749. The van der Waals surface area contributed by atoms with Gasteiger partial charge < -0.3 is 9.64 Å². The number of likely N-dealkylation sites (tertiary alicyclic amines) is 1. The maximum atomic E-state index is 13.3. The molecule has 5 nitrogen and oxygen atoms in total. The Morgan fingerprint density at radius 3 is 2.81 bits per heavy atom. The molecule has 0 N–H and O–H groups in total. The van der Waals surface area contributed by atoms with Crippen LogP contribution in [0.25, 0.3) is 0 Å². The molecule has 2 aromatic rings. The van der Waals surface area contributed by atoms with E-state index in [1.807, 2.05) is 35.2 Å². The van der Waals surface area contributed by atoms with Crippen molar-refractivity contribution in [2.45, 2.75) is 30.3 Å². The number of ether oxygens (including phenoxy) is 1. The van der Waals surface area contributed by atoms with E-state index in [4.69, 9.17) is 16.3 Å². The second-order valence-corrected chi connectivity index (χ2v) is 7.79. The SMILES string of the molecule is O=C1OC2(CCN(C(=O)C3(c4cccc(Cl)c4)CC3)C2)c2cccnc21. The number of benzene rings is 1. The van der Waals surface area contributed by atoms with Crippen molar-refractivity contribution >= 4 is 23.5 Å². The Labute approximate surface area is 155 Å². The first-order valence-electron chi connectivity index (χ1n) is 8.78. The molecule has 2 aliphatic heterocycles. The van der Waals surface area contributed by atoms with Gasteiger partial charge in [-0.25, -0.2) is 9.78 Å². The highest BCUT2D eigenvalue weighted by Crippen LogP contribution is 2.52. The minimum absolute atomic E-state index is 0.102. The number of nitrogens with zero attached hydrogens (tertiary/aromatic N) is 2. The fourth-order valence-electron chi connectivity index (χ4n) is 4.31. The second kappa shape index (κ2) is 5.30. The van der Waals surface area contributed by atoms with Crippen LogP contribution in [-0.2, 0) is 20.5 Å². The summed E-state index contributed by atoms with van der Waals surface area (Å²) in [5, 5.41) is 0.643. The Bertz CT molecular complexity index is 940. The van der Waals surface area contributed by atoms with Gasteiger partial charge in [0.05, 0.1) is 12.0 Å². The lowest BCUT2D eigenvalue weighted by atomic mass is 9.93. The van der Waals surface area contributed by atoms with Gasteiger partial charge in [0.2, 0.25) is 5.91 Å². The molecule has 1 aromatic carbocycles. The fourth-order valence-corrected chi connectivity index (χ4v) is 4.50. The van der Waals surface area contributed by atoms with Crippen LogP contribution in [0.15, 0.2) is 42.6 Å². The molecule has 6 heteroatoms. The van der Waals surface area contributed by atoms with Crippen molar-refractivity contribution in [2.75, 3.05) is 13.1 Å². The average Bonchev–Trinajstić information content (AvgIpc) is 3.29. The maximum Gasteiger partial charge on any atom is 0.358 e. The largest absolute Gasteiger partial charge is 0.447 e. The van der Waals surface area contributed by atoms with Crippen molar-refractivity contribution in [1.82, 2.24) is 9.88 Å². The summed E-state index contributed by atoms with van der Waals surface area (Å²) in [4.78, 5) is 31.5. The third-order valence-electron chi connectivity index (χ3n) is 5.84. The third-order valence-corrected chi connectivity index (χ3v) is 6.07. The van der Waals surface area contributed by atoms with Crippen LogP contribution in [0.3, 0.4) is 0 Å². The fraction of sp³-hybridized carbons (Fsp3) is 0.350. The molecule has 1 saturated heterocycles. The van der Waals surface area contributed by atoms with Crippen LogP contribution in [0, 0.1) is 0 Å². The zero-order valence-corrected chi connectivity index (χ0v) is 14.8. The van der Waals surface area contributed by atoms with Gasteiger partial charge in [0.15, 0.2) is 11.3 Å². The summed E-state index contributed by atoms with van der Waals surface area (Å²) < 4.78 is 5.70. The van der Waals surface area contributed by atoms with Crippen LogP contribution >= 0.6 is 11.6 Å². The van der Waals surface area contributed by atoms with Crippen LogP contribution in [0.1, 0.15) is 40.9 Å². The van der Waals surface area contributed by atoms with E-state index >= 15 is 0 Å². The first kappa shape index (κ1) is 15.8. The number of halogens is 1. The van der Waals surface area contributed by atoms with Gasteiger partial charge in [0, 0.05) is 29.7 Å². The van der Waals surface area contributed by atoms with Gasteiger partial charge in [-0.3, -0.25) is 4.79 Å². The molecule has 1 amide bonds. The van der Waals surface area contributed by atoms with Crippen molar-refractivity contribution in [2.24, 2.45) is 0 Å². The lowest BCUT2D eigenvalue weighted by molar-refractivity contribution is -0.134. The molecule has 0 bridgehead atoms. The van der Waals surface area contributed by atoms with Crippen molar-refractivity contribution in [3.8, 4) is 0 Å². The third kappa shape index (κ3) is 2.13. The van der Waals surface area contributed by atoms with Gasteiger partial charge in [-0.05, 0) is 36.6 Å². The summed E-state index contributed by atoms with van der Waals surface area (Å²) in [6, 6.07) is 11.2. The van der Waals surface area contributed by atoms with E-state index in [2.05, 4.69) is 4.98 Å². The predicted molar refractivity (Wildman–Crippen MR) is 94.9 cm³/mol. The molecule has 1 atom stereocenters. The number of rotatable bonds is 2. The first-order chi connectivity index (χ1) is 12.5. The van der Waals surface area contributed by atoms with E-state index < -0.39 is 17.0 Å². The Hall–Kier alpha value is -2.40. The Morgan fingerprint density at radius 2 is 2.04 bits per heavy atom. The van der Waals surface area contributed by atoms with Crippen molar-refractivity contribution in [1.29, 1.82) is 0 Å². The minimum Gasteiger partial charge on any atom is -0.447 e. The van der Waals surface area contributed by atoms with Crippen LogP contribution in [0.4, 0.5) is 0 Å².